The third-order valence-electron chi connectivity index (χ3n) is 4.96. The largest absolute Gasteiger partial charge is 0.374 e. The molecule has 0 radical (unpaired) electrons. The molecule has 0 heterocycles. The van der Waals surface area contributed by atoms with Gasteiger partial charge in [0.25, 0.3) is 0 Å². The van der Waals surface area contributed by atoms with E-state index in [2.05, 4.69) is 37.3 Å². The van der Waals surface area contributed by atoms with Crippen LogP contribution in [0.25, 0.3) is 0 Å². The van der Waals surface area contributed by atoms with E-state index in [1.165, 1.54) is 77.0 Å². The van der Waals surface area contributed by atoms with Crippen molar-refractivity contribution in [3.8, 4) is 0 Å². The van der Waals surface area contributed by atoms with Crippen molar-refractivity contribution in [3.63, 3.8) is 0 Å². The number of hydrogen-bond acceptors (Lipinski definition) is 3. The zero-order chi connectivity index (χ0) is 20.3. The Balaban J connectivity index is 4.30. The summed E-state index contributed by atoms with van der Waals surface area (Å²) in [5.41, 5.74) is 0. The van der Waals surface area contributed by atoms with Crippen LogP contribution in [0.2, 0.25) is 0 Å². The predicted molar refractivity (Wildman–Crippen MR) is 134 cm³/mol. The third kappa shape index (κ3) is 14.7. The average Bonchev–Trinajstić information content (AvgIpc) is 2.68. The van der Waals surface area contributed by atoms with Gasteiger partial charge in [-0.1, -0.05) is 110 Å². The van der Waals surface area contributed by atoms with Gasteiger partial charge in [-0.3, -0.25) is 0 Å². The van der Waals surface area contributed by atoms with E-state index in [0.29, 0.717) is 0 Å². The van der Waals surface area contributed by atoms with Crippen LogP contribution >= 0.6 is 36.4 Å². The second kappa shape index (κ2) is 19.4. The SMILES string of the molecule is CCCCCCCCNC(=S)C(=S)N(CCCC)SCC(CC)CCCC. The van der Waals surface area contributed by atoms with Gasteiger partial charge < -0.3 is 9.62 Å². The topological polar surface area (TPSA) is 15.3 Å². The fraction of sp³-hybridized carbons (Fsp3) is 0.909. The zero-order valence-corrected chi connectivity index (χ0v) is 20.8. The minimum atomic E-state index is 0.767. The van der Waals surface area contributed by atoms with Crippen molar-refractivity contribution in [1.82, 2.24) is 9.62 Å². The van der Waals surface area contributed by atoms with Crippen LogP contribution < -0.4 is 5.32 Å². The molecule has 0 fully saturated rings. The molecule has 1 N–H and O–H groups in total. The Kier molecular flexibility index (Phi) is 19.5. The second-order valence-corrected chi connectivity index (χ2v) is 9.32. The molecular weight excluding hydrogens is 388 g/mol. The quantitative estimate of drug-likeness (QED) is 0.144. The van der Waals surface area contributed by atoms with E-state index in [4.69, 9.17) is 24.4 Å². The van der Waals surface area contributed by atoms with E-state index in [1.807, 2.05) is 11.9 Å². The molecule has 0 saturated carbocycles. The standard InChI is InChI=1S/C22H44N2S3/c1-5-9-12-13-14-15-17-23-21(25)22(26)24(18-11-7-3)27-19-20(8-4)16-10-6-2/h20H,5-19H2,1-4H3,(H,23,25). The summed E-state index contributed by atoms with van der Waals surface area (Å²) in [6.45, 7) is 11.0. The highest BCUT2D eigenvalue weighted by Crippen LogP contribution is 2.22. The Bertz CT molecular complexity index is 375. The molecule has 5 heteroatoms. The molecular formula is C22H44N2S3. The van der Waals surface area contributed by atoms with Crippen molar-refractivity contribution in [2.45, 2.75) is 105 Å². The molecule has 0 aromatic heterocycles. The van der Waals surface area contributed by atoms with Crippen molar-refractivity contribution < 1.29 is 0 Å². The van der Waals surface area contributed by atoms with Crippen LogP contribution in [0.15, 0.2) is 0 Å². The van der Waals surface area contributed by atoms with E-state index >= 15 is 0 Å². The normalized spacial score (nSPS) is 12.0. The summed E-state index contributed by atoms with van der Waals surface area (Å²) in [4.78, 5) is 1.60. The van der Waals surface area contributed by atoms with Gasteiger partial charge in [0, 0.05) is 18.8 Å². The van der Waals surface area contributed by atoms with Gasteiger partial charge in [-0.25, -0.2) is 0 Å². The first-order valence-corrected chi connectivity index (χ1v) is 13.1. The molecule has 0 aromatic carbocycles. The van der Waals surface area contributed by atoms with E-state index in [9.17, 15) is 0 Å². The van der Waals surface area contributed by atoms with Gasteiger partial charge in [-0.05, 0) is 37.1 Å². The molecule has 0 amide bonds. The van der Waals surface area contributed by atoms with Gasteiger partial charge in [0.15, 0.2) is 0 Å². The number of nitrogens with one attached hydrogen (secondary N) is 1. The van der Waals surface area contributed by atoms with Crippen molar-refractivity contribution in [2.75, 3.05) is 18.8 Å². The van der Waals surface area contributed by atoms with Crippen LogP contribution in [-0.4, -0.2) is 33.1 Å². The lowest BCUT2D eigenvalue weighted by Crippen LogP contribution is -2.38. The van der Waals surface area contributed by atoms with E-state index in [1.54, 1.807) is 0 Å². The molecule has 0 aliphatic carbocycles. The van der Waals surface area contributed by atoms with Gasteiger partial charge >= 0.3 is 0 Å². The zero-order valence-electron chi connectivity index (χ0n) is 18.4. The number of rotatable bonds is 17. The number of nitrogens with zero attached hydrogens (tertiary/aromatic N) is 1. The van der Waals surface area contributed by atoms with Crippen LogP contribution in [-0.2, 0) is 0 Å². The smallest absolute Gasteiger partial charge is 0.146 e. The first kappa shape index (κ1) is 27.1. The maximum atomic E-state index is 5.72. The minimum Gasteiger partial charge on any atom is -0.374 e. The lowest BCUT2D eigenvalue weighted by molar-refractivity contribution is 0.495. The number of thiocarbonyl (C=S) groups is 2. The summed E-state index contributed by atoms with van der Waals surface area (Å²) in [5, 5.41) is 3.40. The third-order valence-corrected chi connectivity index (χ3v) is 7.27. The fourth-order valence-electron chi connectivity index (χ4n) is 2.92. The van der Waals surface area contributed by atoms with Crippen molar-refractivity contribution in [1.29, 1.82) is 0 Å². The number of hydrogen-bond donors (Lipinski definition) is 1. The van der Waals surface area contributed by atoms with Crippen LogP contribution in [0.1, 0.15) is 105 Å². The summed E-state index contributed by atoms with van der Waals surface area (Å²) < 4.78 is 2.28. The summed E-state index contributed by atoms with van der Waals surface area (Å²) in [7, 11) is 0. The average molecular weight is 433 g/mol. The molecule has 0 aliphatic rings. The highest BCUT2D eigenvalue weighted by Gasteiger charge is 2.16. The molecule has 27 heavy (non-hydrogen) atoms. The lowest BCUT2D eigenvalue weighted by atomic mass is 10.0. The number of unbranched alkanes of at least 4 members (excludes halogenated alkanes) is 7. The molecule has 0 aromatic rings. The van der Waals surface area contributed by atoms with Crippen LogP contribution in [0.3, 0.4) is 0 Å². The van der Waals surface area contributed by atoms with Gasteiger partial charge in [-0.2, -0.15) is 0 Å². The molecule has 160 valence electrons. The molecule has 0 aliphatic heterocycles. The second-order valence-electron chi connectivity index (χ2n) is 7.50. The van der Waals surface area contributed by atoms with E-state index < -0.39 is 0 Å². The Morgan fingerprint density at radius 1 is 0.852 bits per heavy atom. The Morgan fingerprint density at radius 3 is 2.11 bits per heavy atom. The molecule has 2 nitrogen and oxygen atoms in total. The Hall–Kier alpha value is 0.130. The highest BCUT2D eigenvalue weighted by molar-refractivity contribution is 7.99. The van der Waals surface area contributed by atoms with Gasteiger partial charge in [0.05, 0.1) is 0 Å². The van der Waals surface area contributed by atoms with Gasteiger partial charge in [0.1, 0.15) is 9.98 Å². The molecule has 1 atom stereocenters. The summed E-state index contributed by atoms with van der Waals surface area (Å²) in [6.07, 6.45) is 15.4. The monoisotopic (exact) mass is 432 g/mol. The van der Waals surface area contributed by atoms with Crippen molar-refractivity contribution in [3.05, 3.63) is 0 Å². The summed E-state index contributed by atoms with van der Waals surface area (Å²) in [6, 6.07) is 0. The molecule has 1 unspecified atom stereocenters. The van der Waals surface area contributed by atoms with Crippen LogP contribution in [0.5, 0.6) is 0 Å². The van der Waals surface area contributed by atoms with E-state index in [-0.39, 0.29) is 0 Å². The molecule has 0 saturated heterocycles. The molecule has 0 spiro atoms. The summed E-state index contributed by atoms with van der Waals surface area (Å²) >= 11 is 13.2. The van der Waals surface area contributed by atoms with Crippen molar-refractivity contribution >= 4 is 46.4 Å². The van der Waals surface area contributed by atoms with Crippen LogP contribution in [0, 0.1) is 5.92 Å². The summed E-state index contributed by atoms with van der Waals surface area (Å²) in [5.74, 6) is 1.94. The maximum Gasteiger partial charge on any atom is 0.146 e. The van der Waals surface area contributed by atoms with Gasteiger partial charge in [0.2, 0.25) is 0 Å². The Morgan fingerprint density at radius 2 is 1.48 bits per heavy atom. The first-order chi connectivity index (χ1) is 13.1. The lowest BCUT2D eigenvalue weighted by Gasteiger charge is -2.26. The minimum absolute atomic E-state index is 0.767. The van der Waals surface area contributed by atoms with Crippen LogP contribution in [0.4, 0.5) is 0 Å². The molecule has 0 rings (SSSR count). The predicted octanol–water partition coefficient (Wildman–Crippen LogP) is 7.56. The Labute approximate surface area is 185 Å². The maximum absolute atomic E-state index is 5.72. The first-order valence-electron chi connectivity index (χ1n) is 11.3. The highest BCUT2D eigenvalue weighted by atomic mass is 32.2. The fourth-order valence-corrected chi connectivity index (χ4v) is 4.77. The van der Waals surface area contributed by atoms with Crippen molar-refractivity contribution in [2.24, 2.45) is 5.92 Å². The van der Waals surface area contributed by atoms with Gasteiger partial charge in [-0.15, -0.1) is 0 Å². The molecule has 0 bridgehead atoms. The van der Waals surface area contributed by atoms with E-state index in [0.717, 1.165) is 34.7 Å².